The number of hydrogen-bond donors (Lipinski definition) is 0. The summed E-state index contributed by atoms with van der Waals surface area (Å²) in [6.45, 7) is 0.461. The Hall–Kier alpha value is -2.97. The summed E-state index contributed by atoms with van der Waals surface area (Å²) in [5.74, 6) is -0.123. The van der Waals surface area contributed by atoms with Crippen molar-refractivity contribution in [2.24, 2.45) is 0 Å². The second-order valence-electron chi connectivity index (χ2n) is 5.30. The molecule has 0 aliphatic heterocycles. The number of fused-ring (bicyclic) bond motifs is 1. The van der Waals surface area contributed by atoms with Gasteiger partial charge in [0.2, 0.25) is 5.91 Å². The molecule has 0 bridgehead atoms. The zero-order chi connectivity index (χ0) is 16.9. The predicted octanol–water partition coefficient (Wildman–Crippen LogP) is 3.84. The van der Waals surface area contributed by atoms with Crippen molar-refractivity contribution in [2.75, 3.05) is 7.05 Å². The SMILES string of the molecule is CN(Cc1nc2ccccc2s1)C(=O)C=Cc1ccccc1C#N. The van der Waals surface area contributed by atoms with Crippen molar-refractivity contribution in [1.82, 2.24) is 9.88 Å². The van der Waals surface area contributed by atoms with Gasteiger partial charge in [0.1, 0.15) is 5.01 Å². The van der Waals surface area contributed by atoms with E-state index in [1.54, 1.807) is 41.5 Å². The molecule has 0 aliphatic rings. The molecular weight excluding hydrogens is 318 g/mol. The fraction of sp³-hybridized carbons (Fsp3) is 0.105. The van der Waals surface area contributed by atoms with Crippen molar-refractivity contribution in [3.05, 3.63) is 70.7 Å². The van der Waals surface area contributed by atoms with Gasteiger partial charge < -0.3 is 4.90 Å². The van der Waals surface area contributed by atoms with E-state index in [-0.39, 0.29) is 5.91 Å². The van der Waals surface area contributed by atoms with E-state index < -0.39 is 0 Å². The molecule has 1 heterocycles. The molecule has 5 heteroatoms. The van der Waals surface area contributed by atoms with E-state index in [0.717, 1.165) is 20.8 Å². The van der Waals surface area contributed by atoms with E-state index in [4.69, 9.17) is 5.26 Å². The Balaban J connectivity index is 1.70. The van der Waals surface area contributed by atoms with Gasteiger partial charge in [0.05, 0.1) is 28.4 Å². The molecule has 0 spiro atoms. The molecule has 0 atom stereocenters. The van der Waals surface area contributed by atoms with Crippen LogP contribution in [0.4, 0.5) is 0 Å². The third-order valence-corrected chi connectivity index (χ3v) is 4.59. The number of nitriles is 1. The molecule has 0 aliphatic carbocycles. The van der Waals surface area contributed by atoms with E-state index in [1.807, 2.05) is 36.4 Å². The second-order valence-corrected chi connectivity index (χ2v) is 6.42. The summed E-state index contributed by atoms with van der Waals surface area (Å²) in [6, 6.07) is 17.2. The first-order valence-corrected chi connectivity index (χ1v) is 8.26. The molecule has 0 fully saturated rings. The fourth-order valence-electron chi connectivity index (χ4n) is 2.30. The fourth-order valence-corrected chi connectivity index (χ4v) is 3.32. The molecule has 24 heavy (non-hydrogen) atoms. The molecule has 1 aromatic heterocycles. The van der Waals surface area contributed by atoms with E-state index in [1.165, 1.54) is 6.08 Å². The first-order valence-electron chi connectivity index (χ1n) is 7.44. The number of para-hydroxylation sites is 1. The van der Waals surface area contributed by atoms with Crippen LogP contribution in [-0.2, 0) is 11.3 Å². The summed E-state index contributed by atoms with van der Waals surface area (Å²) in [7, 11) is 1.74. The van der Waals surface area contributed by atoms with E-state index in [0.29, 0.717) is 12.1 Å². The van der Waals surface area contributed by atoms with Gasteiger partial charge in [0.15, 0.2) is 0 Å². The Morgan fingerprint density at radius 1 is 1.25 bits per heavy atom. The summed E-state index contributed by atoms with van der Waals surface area (Å²) in [6.07, 6.45) is 3.17. The first kappa shape index (κ1) is 15.9. The average molecular weight is 333 g/mol. The van der Waals surface area contributed by atoms with Crippen molar-refractivity contribution < 1.29 is 4.79 Å². The second kappa shape index (κ2) is 7.07. The van der Waals surface area contributed by atoms with Crippen LogP contribution >= 0.6 is 11.3 Å². The minimum Gasteiger partial charge on any atom is -0.335 e. The van der Waals surface area contributed by atoms with E-state index >= 15 is 0 Å². The number of likely N-dealkylation sites (N-methyl/N-ethyl adjacent to an activating group) is 1. The molecule has 0 unspecified atom stereocenters. The molecule has 3 rings (SSSR count). The average Bonchev–Trinajstić information content (AvgIpc) is 3.02. The summed E-state index contributed by atoms with van der Waals surface area (Å²) < 4.78 is 1.12. The molecule has 118 valence electrons. The van der Waals surface area contributed by atoms with E-state index in [9.17, 15) is 4.79 Å². The number of aromatic nitrogens is 1. The van der Waals surface area contributed by atoms with Crippen LogP contribution in [0.5, 0.6) is 0 Å². The summed E-state index contributed by atoms with van der Waals surface area (Å²) in [4.78, 5) is 18.4. The highest BCUT2D eigenvalue weighted by Gasteiger charge is 2.10. The van der Waals surface area contributed by atoms with Crippen LogP contribution in [-0.4, -0.2) is 22.8 Å². The third-order valence-electron chi connectivity index (χ3n) is 3.57. The molecule has 3 aromatic rings. The maximum absolute atomic E-state index is 12.3. The van der Waals surface area contributed by atoms with Gasteiger partial charge >= 0.3 is 0 Å². The Bertz CT molecular complexity index is 919. The van der Waals surface area contributed by atoms with Crippen LogP contribution in [0.15, 0.2) is 54.6 Å². The van der Waals surface area contributed by atoms with Gasteiger partial charge in [-0.1, -0.05) is 30.3 Å². The van der Waals surface area contributed by atoms with Crippen molar-refractivity contribution in [3.63, 3.8) is 0 Å². The third kappa shape index (κ3) is 3.50. The zero-order valence-corrected chi connectivity index (χ0v) is 14.0. The number of thiazole rings is 1. The van der Waals surface area contributed by atoms with Gasteiger partial charge in [0, 0.05) is 13.1 Å². The number of rotatable bonds is 4. The largest absolute Gasteiger partial charge is 0.335 e. The van der Waals surface area contributed by atoms with Gasteiger partial charge in [-0.25, -0.2) is 4.98 Å². The highest BCUT2D eigenvalue weighted by molar-refractivity contribution is 7.18. The number of hydrogen-bond acceptors (Lipinski definition) is 4. The smallest absolute Gasteiger partial charge is 0.246 e. The number of carbonyl (C=O) groups excluding carboxylic acids is 1. The topological polar surface area (TPSA) is 57.0 Å². The number of amides is 1. The highest BCUT2D eigenvalue weighted by atomic mass is 32.1. The maximum Gasteiger partial charge on any atom is 0.246 e. The number of carbonyl (C=O) groups is 1. The highest BCUT2D eigenvalue weighted by Crippen LogP contribution is 2.22. The standard InChI is InChI=1S/C19H15N3OS/c1-22(13-18-21-16-8-4-5-9-17(16)24-18)19(23)11-10-14-6-2-3-7-15(14)12-20/h2-11H,13H2,1H3. The predicted molar refractivity (Wildman–Crippen MR) is 96.3 cm³/mol. The van der Waals surface area contributed by atoms with Gasteiger partial charge in [-0.2, -0.15) is 5.26 Å². The van der Waals surface area contributed by atoms with E-state index in [2.05, 4.69) is 11.1 Å². The molecule has 0 radical (unpaired) electrons. The Labute approximate surface area is 144 Å². The summed E-state index contributed by atoms with van der Waals surface area (Å²) in [5.41, 5.74) is 2.24. The Morgan fingerprint density at radius 2 is 2.00 bits per heavy atom. The minimum absolute atomic E-state index is 0.123. The summed E-state index contributed by atoms with van der Waals surface area (Å²) in [5, 5.41) is 9.97. The lowest BCUT2D eigenvalue weighted by Crippen LogP contribution is -2.23. The normalized spacial score (nSPS) is 10.8. The molecule has 0 N–H and O–H groups in total. The lowest BCUT2D eigenvalue weighted by atomic mass is 10.1. The van der Waals surface area contributed by atoms with Crippen molar-refractivity contribution >= 4 is 33.5 Å². The van der Waals surface area contributed by atoms with Crippen LogP contribution in [0.3, 0.4) is 0 Å². The Morgan fingerprint density at radius 3 is 2.79 bits per heavy atom. The van der Waals surface area contributed by atoms with Crippen molar-refractivity contribution in [1.29, 1.82) is 5.26 Å². The molecular formula is C19H15N3OS. The van der Waals surface area contributed by atoms with Crippen LogP contribution < -0.4 is 0 Å². The van der Waals surface area contributed by atoms with Crippen molar-refractivity contribution in [2.45, 2.75) is 6.54 Å². The summed E-state index contributed by atoms with van der Waals surface area (Å²) >= 11 is 1.59. The molecule has 4 nitrogen and oxygen atoms in total. The molecule has 0 saturated heterocycles. The lowest BCUT2D eigenvalue weighted by Gasteiger charge is -2.12. The van der Waals surface area contributed by atoms with Crippen LogP contribution in [0.25, 0.3) is 16.3 Å². The van der Waals surface area contributed by atoms with Gasteiger partial charge in [0.25, 0.3) is 0 Å². The quantitative estimate of drug-likeness (QED) is 0.682. The van der Waals surface area contributed by atoms with Crippen molar-refractivity contribution in [3.8, 4) is 6.07 Å². The molecule has 1 amide bonds. The van der Waals surface area contributed by atoms with Gasteiger partial charge in [-0.05, 0) is 29.8 Å². The minimum atomic E-state index is -0.123. The Kier molecular flexibility index (Phi) is 4.69. The first-order chi connectivity index (χ1) is 11.7. The molecule has 0 saturated carbocycles. The van der Waals surface area contributed by atoms with Gasteiger partial charge in [-0.15, -0.1) is 11.3 Å². The van der Waals surface area contributed by atoms with Crippen LogP contribution in [0, 0.1) is 11.3 Å². The van der Waals surface area contributed by atoms with Crippen LogP contribution in [0.1, 0.15) is 16.1 Å². The van der Waals surface area contributed by atoms with Gasteiger partial charge in [-0.3, -0.25) is 4.79 Å². The number of benzene rings is 2. The zero-order valence-electron chi connectivity index (χ0n) is 13.1. The lowest BCUT2D eigenvalue weighted by molar-refractivity contribution is -0.125. The maximum atomic E-state index is 12.3. The monoisotopic (exact) mass is 333 g/mol. The van der Waals surface area contributed by atoms with Crippen LogP contribution in [0.2, 0.25) is 0 Å². The molecule has 2 aromatic carbocycles. The number of nitrogens with zero attached hydrogens (tertiary/aromatic N) is 3.